The molecule has 5 nitrogen and oxygen atoms in total. The molecule has 0 spiro atoms. The fourth-order valence-corrected chi connectivity index (χ4v) is 2.45. The molecule has 19 heavy (non-hydrogen) atoms. The van der Waals surface area contributed by atoms with Crippen LogP contribution in [0.15, 0.2) is 12.4 Å². The van der Waals surface area contributed by atoms with Gasteiger partial charge < -0.3 is 15.5 Å². The maximum absolute atomic E-state index is 4.32. The van der Waals surface area contributed by atoms with Crippen LogP contribution < -0.4 is 15.5 Å². The Labute approximate surface area is 115 Å². The first-order valence-electron chi connectivity index (χ1n) is 7.27. The lowest BCUT2D eigenvalue weighted by atomic mass is 10.00. The lowest BCUT2D eigenvalue weighted by Crippen LogP contribution is -2.33. The Kier molecular flexibility index (Phi) is 5.39. The van der Waals surface area contributed by atoms with Crippen LogP contribution in [0.5, 0.6) is 0 Å². The van der Waals surface area contributed by atoms with E-state index in [1.807, 2.05) is 6.07 Å². The third-order valence-electron chi connectivity index (χ3n) is 3.57. The maximum atomic E-state index is 4.32. The van der Waals surface area contributed by atoms with Crippen molar-refractivity contribution in [1.29, 1.82) is 0 Å². The zero-order valence-corrected chi connectivity index (χ0v) is 12.0. The number of hydrogen-bond acceptors (Lipinski definition) is 5. The summed E-state index contributed by atoms with van der Waals surface area (Å²) in [5.41, 5.74) is 0. The van der Waals surface area contributed by atoms with Gasteiger partial charge >= 0.3 is 0 Å². The van der Waals surface area contributed by atoms with Gasteiger partial charge in [0.1, 0.15) is 18.0 Å². The van der Waals surface area contributed by atoms with Gasteiger partial charge in [0.25, 0.3) is 0 Å². The van der Waals surface area contributed by atoms with Crippen LogP contribution in [-0.4, -0.2) is 43.2 Å². The molecule has 0 bridgehead atoms. The lowest BCUT2D eigenvalue weighted by Gasteiger charge is -2.23. The SMILES string of the molecule is CCCN(C)c1cc(NCC2CCCNC2)ncn1. The highest BCUT2D eigenvalue weighted by molar-refractivity contribution is 5.47. The van der Waals surface area contributed by atoms with Crippen LogP contribution in [0.4, 0.5) is 11.6 Å². The number of piperidine rings is 1. The molecule has 1 atom stereocenters. The van der Waals surface area contributed by atoms with E-state index in [1.165, 1.54) is 12.8 Å². The van der Waals surface area contributed by atoms with Crippen molar-refractivity contribution in [3.63, 3.8) is 0 Å². The highest BCUT2D eigenvalue weighted by Gasteiger charge is 2.12. The van der Waals surface area contributed by atoms with Crippen molar-refractivity contribution < 1.29 is 0 Å². The van der Waals surface area contributed by atoms with Gasteiger partial charge in [-0.3, -0.25) is 0 Å². The second-order valence-electron chi connectivity index (χ2n) is 5.28. The molecule has 0 amide bonds. The molecule has 1 saturated heterocycles. The van der Waals surface area contributed by atoms with E-state index in [1.54, 1.807) is 6.33 Å². The number of anilines is 2. The van der Waals surface area contributed by atoms with Crippen molar-refractivity contribution in [2.24, 2.45) is 5.92 Å². The Morgan fingerprint density at radius 2 is 2.37 bits per heavy atom. The number of hydrogen-bond donors (Lipinski definition) is 2. The average molecular weight is 263 g/mol. The molecular weight excluding hydrogens is 238 g/mol. The number of aromatic nitrogens is 2. The van der Waals surface area contributed by atoms with Crippen LogP contribution in [0, 0.1) is 5.92 Å². The van der Waals surface area contributed by atoms with Crippen LogP contribution in [-0.2, 0) is 0 Å². The summed E-state index contributed by atoms with van der Waals surface area (Å²) in [5, 5.41) is 6.87. The molecule has 1 fully saturated rings. The van der Waals surface area contributed by atoms with Crippen molar-refractivity contribution in [3.8, 4) is 0 Å². The number of nitrogens with zero attached hydrogens (tertiary/aromatic N) is 3. The van der Waals surface area contributed by atoms with E-state index in [4.69, 9.17) is 0 Å². The molecule has 106 valence electrons. The zero-order valence-electron chi connectivity index (χ0n) is 12.0. The minimum Gasteiger partial charge on any atom is -0.370 e. The molecule has 1 aliphatic rings. The Morgan fingerprint density at radius 3 is 3.11 bits per heavy atom. The Hall–Kier alpha value is -1.36. The van der Waals surface area contributed by atoms with Gasteiger partial charge in [-0.2, -0.15) is 0 Å². The molecule has 0 saturated carbocycles. The molecule has 1 aromatic rings. The summed E-state index contributed by atoms with van der Waals surface area (Å²) in [6.45, 7) is 6.45. The standard InChI is InChI=1S/C14H25N5/c1-3-7-19(2)14-8-13(17-11-18-14)16-10-12-5-4-6-15-9-12/h8,11-12,15H,3-7,9-10H2,1-2H3,(H,16,17,18). The van der Waals surface area contributed by atoms with E-state index in [-0.39, 0.29) is 0 Å². The number of rotatable bonds is 6. The number of nitrogens with one attached hydrogen (secondary N) is 2. The first-order chi connectivity index (χ1) is 9.29. The molecule has 1 unspecified atom stereocenters. The van der Waals surface area contributed by atoms with Crippen molar-refractivity contribution in [2.75, 3.05) is 43.4 Å². The van der Waals surface area contributed by atoms with Gasteiger partial charge in [-0.05, 0) is 38.3 Å². The van der Waals surface area contributed by atoms with Crippen molar-refractivity contribution in [2.45, 2.75) is 26.2 Å². The quantitative estimate of drug-likeness (QED) is 0.818. The fraction of sp³-hybridized carbons (Fsp3) is 0.714. The molecule has 0 radical (unpaired) electrons. The third-order valence-corrected chi connectivity index (χ3v) is 3.57. The van der Waals surface area contributed by atoms with Gasteiger partial charge in [0, 0.05) is 26.2 Å². The predicted octanol–water partition coefficient (Wildman–Crippen LogP) is 1.73. The molecule has 2 heterocycles. The smallest absolute Gasteiger partial charge is 0.133 e. The second kappa shape index (κ2) is 7.28. The van der Waals surface area contributed by atoms with Gasteiger partial charge in [-0.1, -0.05) is 6.92 Å². The topological polar surface area (TPSA) is 53.1 Å². The first-order valence-corrected chi connectivity index (χ1v) is 7.27. The van der Waals surface area contributed by atoms with Crippen LogP contribution in [0.1, 0.15) is 26.2 Å². The molecule has 0 aliphatic carbocycles. The van der Waals surface area contributed by atoms with E-state index < -0.39 is 0 Å². The fourth-order valence-electron chi connectivity index (χ4n) is 2.45. The molecule has 2 rings (SSSR count). The largest absolute Gasteiger partial charge is 0.370 e. The minimum atomic E-state index is 0.709. The van der Waals surface area contributed by atoms with Crippen molar-refractivity contribution in [3.05, 3.63) is 12.4 Å². The van der Waals surface area contributed by atoms with Crippen molar-refractivity contribution >= 4 is 11.6 Å². The Balaban J connectivity index is 1.87. The van der Waals surface area contributed by atoms with Gasteiger partial charge in [-0.25, -0.2) is 9.97 Å². The monoisotopic (exact) mass is 263 g/mol. The summed E-state index contributed by atoms with van der Waals surface area (Å²) < 4.78 is 0. The van der Waals surface area contributed by atoms with Gasteiger partial charge in [0.2, 0.25) is 0 Å². The zero-order chi connectivity index (χ0) is 13.5. The molecule has 5 heteroatoms. The second-order valence-corrected chi connectivity index (χ2v) is 5.28. The van der Waals surface area contributed by atoms with Crippen LogP contribution in [0.3, 0.4) is 0 Å². The van der Waals surface area contributed by atoms with E-state index in [0.29, 0.717) is 5.92 Å². The highest BCUT2D eigenvalue weighted by atomic mass is 15.2. The predicted molar refractivity (Wildman–Crippen MR) is 79.7 cm³/mol. The van der Waals surface area contributed by atoms with E-state index >= 15 is 0 Å². The normalized spacial score (nSPS) is 19.2. The molecule has 1 aromatic heterocycles. The Morgan fingerprint density at radius 1 is 1.47 bits per heavy atom. The first kappa shape index (κ1) is 14.1. The van der Waals surface area contributed by atoms with Crippen molar-refractivity contribution in [1.82, 2.24) is 15.3 Å². The Bertz CT molecular complexity index is 376. The summed E-state index contributed by atoms with van der Waals surface area (Å²) in [6, 6.07) is 2.03. The van der Waals surface area contributed by atoms with E-state index in [9.17, 15) is 0 Å². The summed E-state index contributed by atoms with van der Waals surface area (Å²) in [7, 11) is 2.07. The van der Waals surface area contributed by atoms with Crippen LogP contribution in [0.2, 0.25) is 0 Å². The molecular formula is C14H25N5. The summed E-state index contributed by atoms with van der Waals surface area (Å²) in [4.78, 5) is 10.8. The summed E-state index contributed by atoms with van der Waals surface area (Å²) in [5.74, 6) is 2.63. The molecule has 0 aromatic carbocycles. The molecule has 1 aliphatic heterocycles. The third kappa shape index (κ3) is 4.35. The van der Waals surface area contributed by atoms with E-state index in [0.717, 1.165) is 44.2 Å². The van der Waals surface area contributed by atoms with Gasteiger partial charge in [0.05, 0.1) is 0 Å². The maximum Gasteiger partial charge on any atom is 0.133 e. The van der Waals surface area contributed by atoms with Crippen LogP contribution >= 0.6 is 0 Å². The van der Waals surface area contributed by atoms with Gasteiger partial charge in [-0.15, -0.1) is 0 Å². The lowest BCUT2D eigenvalue weighted by molar-refractivity contribution is 0.392. The minimum absolute atomic E-state index is 0.709. The summed E-state index contributed by atoms with van der Waals surface area (Å²) in [6.07, 6.45) is 5.34. The van der Waals surface area contributed by atoms with Crippen LogP contribution in [0.25, 0.3) is 0 Å². The highest BCUT2D eigenvalue weighted by Crippen LogP contribution is 2.15. The summed E-state index contributed by atoms with van der Waals surface area (Å²) >= 11 is 0. The van der Waals surface area contributed by atoms with E-state index in [2.05, 4.69) is 39.5 Å². The van der Waals surface area contributed by atoms with Gasteiger partial charge in [0.15, 0.2) is 0 Å². The average Bonchev–Trinajstić information content (AvgIpc) is 2.47. The molecule has 2 N–H and O–H groups in total.